The minimum Gasteiger partial charge on any atom is -0.338 e. The van der Waals surface area contributed by atoms with Crippen LogP contribution in [0.25, 0.3) is 0 Å². The number of nitrogens with zero attached hydrogens (tertiary/aromatic N) is 3. The molecule has 1 aliphatic carbocycles. The summed E-state index contributed by atoms with van der Waals surface area (Å²) in [5.74, 6) is 1.11. The van der Waals surface area contributed by atoms with E-state index < -0.39 is 0 Å². The summed E-state index contributed by atoms with van der Waals surface area (Å²) >= 11 is 0. The lowest BCUT2D eigenvalue weighted by atomic mass is 9.81. The Kier molecular flexibility index (Phi) is 3.17. The van der Waals surface area contributed by atoms with Crippen molar-refractivity contribution in [3.8, 4) is 0 Å². The number of hydrogen-bond acceptors (Lipinski definition) is 3. The third-order valence-corrected chi connectivity index (χ3v) is 3.78. The van der Waals surface area contributed by atoms with E-state index in [1.807, 2.05) is 7.05 Å². The number of amides is 1. The van der Waals surface area contributed by atoms with E-state index in [4.69, 9.17) is 0 Å². The fourth-order valence-corrected chi connectivity index (χ4v) is 2.66. The van der Waals surface area contributed by atoms with Gasteiger partial charge in [0.1, 0.15) is 12.2 Å². The van der Waals surface area contributed by atoms with Crippen molar-refractivity contribution in [1.29, 1.82) is 0 Å². The van der Waals surface area contributed by atoms with Crippen molar-refractivity contribution in [1.82, 2.24) is 20.1 Å². The molecule has 1 N–H and O–H groups in total. The second-order valence-electron chi connectivity index (χ2n) is 5.56. The average Bonchev–Trinajstić information content (AvgIpc) is 2.86. The normalized spacial score (nSPS) is 22.6. The standard InChI is InChI=1S/C12H20N4O/c1-12(2)6-4-5-9(12)11(17)16(3)7-10-13-8-14-15-10/h8-9H,4-7H2,1-3H3,(H,13,14,15). The molecule has 1 aromatic heterocycles. The van der Waals surface area contributed by atoms with Crippen molar-refractivity contribution in [2.75, 3.05) is 7.05 Å². The first kappa shape index (κ1) is 12.1. The first-order chi connectivity index (χ1) is 8.00. The summed E-state index contributed by atoms with van der Waals surface area (Å²) in [6.45, 7) is 4.88. The quantitative estimate of drug-likeness (QED) is 0.867. The zero-order chi connectivity index (χ0) is 12.5. The molecule has 1 atom stereocenters. The number of nitrogens with one attached hydrogen (secondary N) is 1. The molecule has 5 nitrogen and oxygen atoms in total. The van der Waals surface area contributed by atoms with Gasteiger partial charge < -0.3 is 4.90 Å². The molecule has 2 rings (SSSR count). The van der Waals surface area contributed by atoms with Gasteiger partial charge in [0.2, 0.25) is 5.91 Å². The first-order valence-electron chi connectivity index (χ1n) is 6.10. The third kappa shape index (κ3) is 2.48. The molecule has 0 aromatic carbocycles. The van der Waals surface area contributed by atoms with E-state index in [0.717, 1.165) is 25.1 Å². The van der Waals surface area contributed by atoms with Crippen LogP contribution in [-0.2, 0) is 11.3 Å². The summed E-state index contributed by atoms with van der Waals surface area (Å²) < 4.78 is 0. The highest BCUT2D eigenvalue weighted by Crippen LogP contribution is 2.43. The van der Waals surface area contributed by atoms with Gasteiger partial charge in [0.15, 0.2) is 0 Å². The lowest BCUT2D eigenvalue weighted by Gasteiger charge is -2.29. The van der Waals surface area contributed by atoms with E-state index in [0.29, 0.717) is 6.54 Å². The molecule has 1 aliphatic rings. The number of aromatic nitrogens is 3. The molecule has 0 saturated heterocycles. The van der Waals surface area contributed by atoms with Gasteiger partial charge in [-0.2, -0.15) is 5.10 Å². The molecule has 0 spiro atoms. The van der Waals surface area contributed by atoms with Crippen molar-refractivity contribution >= 4 is 5.91 Å². The molecule has 1 unspecified atom stereocenters. The molecule has 1 aromatic rings. The number of aromatic amines is 1. The van der Waals surface area contributed by atoms with E-state index in [-0.39, 0.29) is 17.2 Å². The number of rotatable bonds is 3. The predicted molar refractivity (Wildman–Crippen MR) is 64.0 cm³/mol. The van der Waals surface area contributed by atoms with Crippen LogP contribution in [0.5, 0.6) is 0 Å². The van der Waals surface area contributed by atoms with Gasteiger partial charge in [-0.05, 0) is 18.3 Å². The predicted octanol–water partition coefficient (Wildman–Crippen LogP) is 1.59. The highest BCUT2D eigenvalue weighted by Gasteiger charge is 2.40. The Morgan fingerprint density at radius 2 is 2.41 bits per heavy atom. The van der Waals surface area contributed by atoms with Gasteiger partial charge in [0.05, 0.1) is 6.54 Å². The molecule has 17 heavy (non-hydrogen) atoms. The maximum absolute atomic E-state index is 12.4. The van der Waals surface area contributed by atoms with Crippen LogP contribution in [-0.4, -0.2) is 33.0 Å². The van der Waals surface area contributed by atoms with Crippen LogP contribution in [0.15, 0.2) is 6.33 Å². The Hall–Kier alpha value is -1.39. The molecular formula is C12H20N4O. The summed E-state index contributed by atoms with van der Waals surface area (Å²) in [7, 11) is 1.83. The number of H-pyrrole nitrogens is 1. The minimum absolute atomic E-state index is 0.132. The van der Waals surface area contributed by atoms with Crippen LogP contribution < -0.4 is 0 Å². The summed E-state index contributed by atoms with van der Waals surface area (Å²) in [4.78, 5) is 18.1. The van der Waals surface area contributed by atoms with Gasteiger partial charge in [-0.25, -0.2) is 4.98 Å². The van der Waals surface area contributed by atoms with E-state index in [9.17, 15) is 4.79 Å². The molecule has 1 fully saturated rings. The van der Waals surface area contributed by atoms with Crippen molar-refractivity contribution in [3.05, 3.63) is 12.2 Å². The lowest BCUT2D eigenvalue weighted by Crippen LogP contribution is -2.37. The zero-order valence-corrected chi connectivity index (χ0v) is 10.7. The van der Waals surface area contributed by atoms with Gasteiger partial charge in [0, 0.05) is 13.0 Å². The van der Waals surface area contributed by atoms with E-state index in [2.05, 4.69) is 29.0 Å². The SMILES string of the molecule is CN(Cc1ncn[nH]1)C(=O)C1CCCC1(C)C. The molecule has 0 aliphatic heterocycles. The zero-order valence-electron chi connectivity index (χ0n) is 10.7. The van der Waals surface area contributed by atoms with Crippen molar-refractivity contribution < 1.29 is 4.79 Å². The fraction of sp³-hybridized carbons (Fsp3) is 0.750. The van der Waals surface area contributed by atoms with E-state index in [1.54, 1.807) is 4.90 Å². The molecule has 0 radical (unpaired) electrons. The number of carbonyl (C=O) groups excluding carboxylic acids is 1. The highest BCUT2D eigenvalue weighted by atomic mass is 16.2. The second kappa shape index (κ2) is 4.47. The maximum Gasteiger partial charge on any atom is 0.226 e. The first-order valence-corrected chi connectivity index (χ1v) is 6.10. The Morgan fingerprint density at radius 1 is 1.65 bits per heavy atom. The molecule has 94 valence electrons. The van der Waals surface area contributed by atoms with Crippen LogP contribution in [0.1, 0.15) is 38.9 Å². The van der Waals surface area contributed by atoms with E-state index >= 15 is 0 Å². The number of hydrogen-bond donors (Lipinski definition) is 1. The molecule has 5 heteroatoms. The topological polar surface area (TPSA) is 61.9 Å². The Balaban J connectivity index is 2.00. The smallest absolute Gasteiger partial charge is 0.226 e. The van der Waals surface area contributed by atoms with Crippen LogP contribution in [0, 0.1) is 11.3 Å². The molecule has 0 bridgehead atoms. The number of carbonyl (C=O) groups is 1. The van der Waals surface area contributed by atoms with Gasteiger partial charge in [-0.15, -0.1) is 0 Å². The van der Waals surface area contributed by atoms with Crippen molar-refractivity contribution in [3.63, 3.8) is 0 Å². The highest BCUT2D eigenvalue weighted by molar-refractivity contribution is 5.79. The Morgan fingerprint density at radius 3 is 2.94 bits per heavy atom. The van der Waals surface area contributed by atoms with Crippen LogP contribution >= 0.6 is 0 Å². The monoisotopic (exact) mass is 236 g/mol. The Bertz CT molecular complexity index is 385. The molecule has 1 saturated carbocycles. The van der Waals surface area contributed by atoms with Crippen LogP contribution in [0.3, 0.4) is 0 Å². The fourth-order valence-electron chi connectivity index (χ4n) is 2.66. The van der Waals surface area contributed by atoms with Crippen LogP contribution in [0.2, 0.25) is 0 Å². The minimum atomic E-state index is 0.132. The van der Waals surface area contributed by atoms with Crippen molar-refractivity contribution in [2.24, 2.45) is 11.3 Å². The largest absolute Gasteiger partial charge is 0.338 e. The van der Waals surface area contributed by atoms with Crippen LogP contribution in [0.4, 0.5) is 0 Å². The second-order valence-corrected chi connectivity index (χ2v) is 5.56. The summed E-state index contributed by atoms with van der Waals surface area (Å²) in [5.41, 5.74) is 0.132. The van der Waals surface area contributed by atoms with E-state index in [1.165, 1.54) is 6.33 Å². The molecule has 1 amide bonds. The summed E-state index contributed by atoms with van der Waals surface area (Å²) in [6, 6.07) is 0. The lowest BCUT2D eigenvalue weighted by molar-refractivity contribution is -0.137. The Labute approximate surface area is 102 Å². The van der Waals surface area contributed by atoms with Gasteiger partial charge in [-0.3, -0.25) is 9.89 Å². The van der Waals surface area contributed by atoms with Crippen molar-refractivity contribution in [2.45, 2.75) is 39.7 Å². The van der Waals surface area contributed by atoms with Gasteiger partial charge in [-0.1, -0.05) is 20.3 Å². The molecule has 1 heterocycles. The third-order valence-electron chi connectivity index (χ3n) is 3.78. The van der Waals surface area contributed by atoms with Gasteiger partial charge in [0.25, 0.3) is 0 Å². The summed E-state index contributed by atoms with van der Waals surface area (Å²) in [5, 5.41) is 6.57. The summed E-state index contributed by atoms with van der Waals surface area (Å²) in [6.07, 6.45) is 4.76. The molecular weight excluding hydrogens is 216 g/mol. The average molecular weight is 236 g/mol. The maximum atomic E-state index is 12.4. The van der Waals surface area contributed by atoms with Gasteiger partial charge >= 0.3 is 0 Å².